The van der Waals surface area contributed by atoms with Crippen LogP contribution in [0, 0.1) is 5.92 Å². The van der Waals surface area contributed by atoms with Gasteiger partial charge in [0, 0.05) is 4.91 Å². The van der Waals surface area contributed by atoms with Gasteiger partial charge in [-0.15, -0.1) is 0 Å². The summed E-state index contributed by atoms with van der Waals surface area (Å²) >= 11 is 0. The number of carbonyl (C=O) groups excluding carboxylic acids is 1. The molecule has 13 heavy (non-hydrogen) atoms. The van der Waals surface area contributed by atoms with E-state index in [9.17, 15) is 9.90 Å². The number of esters is 1. The molecule has 1 aliphatic rings. The highest BCUT2D eigenvalue weighted by Gasteiger charge is 2.36. The van der Waals surface area contributed by atoms with Crippen molar-refractivity contribution in [3.63, 3.8) is 0 Å². The first kappa shape index (κ1) is 9.83. The highest BCUT2D eigenvalue weighted by molar-refractivity contribution is 5.72. The van der Waals surface area contributed by atoms with E-state index in [1.54, 1.807) is 0 Å². The summed E-state index contributed by atoms with van der Waals surface area (Å²) in [5.74, 6) is -0.690. The summed E-state index contributed by atoms with van der Waals surface area (Å²) in [4.78, 5) is 13.6. The van der Waals surface area contributed by atoms with Crippen LogP contribution in [0.15, 0.2) is 5.11 Å². The van der Waals surface area contributed by atoms with Gasteiger partial charge in [0.05, 0.1) is 25.2 Å². The molecule has 0 aromatic carbocycles. The summed E-state index contributed by atoms with van der Waals surface area (Å²) in [7, 11) is 1.30. The Hall–Kier alpha value is -1.26. The summed E-state index contributed by atoms with van der Waals surface area (Å²) in [5, 5.41) is 12.8. The molecule has 0 amide bonds. The van der Waals surface area contributed by atoms with Gasteiger partial charge < -0.3 is 9.84 Å². The predicted octanol–water partition coefficient (Wildman–Crippen LogP) is 0.609. The van der Waals surface area contributed by atoms with Crippen LogP contribution < -0.4 is 0 Å². The van der Waals surface area contributed by atoms with Crippen molar-refractivity contribution >= 4 is 5.97 Å². The molecule has 72 valence electrons. The van der Waals surface area contributed by atoms with E-state index in [1.807, 2.05) is 0 Å². The standard InChI is InChI=1S/C7H11N3O3/c1-13-7(12)4-2-5(9-10-8)6(11)3-4/h4-6,11H,2-3H2,1H3. The number of carbonyl (C=O) groups is 1. The van der Waals surface area contributed by atoms with Gasteiger partial charge in [-0.2, -0.15) is 0 Å². The van der Waals surface area contributed by atoms with Crippen LogP contribution in [-0.4, -0.2) is 30.3 Å². The molecule has 0 saturated heterocycles. The van der Waals surface area contributed by atoms with Gasteiger partial charge in [0.1, 0.15) is 0 Å². The molecule has 0 aromatic rings. The normalized spacial score (nSPS) is 32.3. The number of hydrogen-bond acceptors (Lipinski definition) is 4. The fourth-order valence-electron chi connectivity index (χ4n) is 1.54. The third kappa shape index (κ3) is 2.11. The van der Waals surface area contributed by atoms with Crippen molar-refractivity contribution in [2.45, 2.75) is 25.0 Å². The number of methoxy groups -OCH3 is 1. The Balaban J connectivity index is 2.59. The number of ether oxygens (including phenoxy) is 1. The largest absolute Gasteiger partial charge is 0.469 e. The predicted molar refractivity (Wildman–Crippen MR) is 43.7 cm³/mol. The monoisotopic (exact) mass is 185 g/mol. The average molecular weight is 185 g/mol. The van der Waals surface area contributed by atoms with Gasteiger partial charge in [0.15, 0.2) is 0 Å². The molecule has 0 spiro atoms. The van der Waals surface area contributed by atoms with Crippen LogP contribution >= 0.6 is 0 Å². The summed E-state index contributed by atoms with van der Waals surface area (Å²) in [6.07, 6.45) is -0.0335. The third-order valence-corrected chi connectivity index (χ3v) is 2.23. The second-order valence-corrected chi connectivity index (χ2v) is 3.03. The number of aliphatic hydroxyl groups is 1. The van der Waals surface area contributed by atoms with Crippen molar-refractivity contribution in [1.82, 2.24) is 0 Å². The van der Waals surface area contributed by atoms with Crippen molar-refractivity contribution in [3.05, 3.63) is 10.4 Å². The fourth-order valence-corrected chi connectivity index (χ4v) is 1.54. The van der Waals surface area contributed by atoms with Crippen LogP contribution in [0.5, 0.6) is 0 Å². The zero-order valence-electron chi connectivity index (χ0n) is 7.25. The lowest BCUT2D eigenvalue weighted by Crippen LogP contribution is -2.15. The fraction of sp³-hybridized carbons (Fsp3) is 0.857. The lowest BCUT2D eigenvalue weighted by Gasteiger charge is -2.04. The number of rotatable bonds is 2. The molecule has 3 unspecified atom stereocenters. The molecule has 1 N–H and O–H groups in total. The summed E-state index contributed by atoms with van der Waals surface area (Å²) in [6, 6.07) is -0.492. The van der Waals surface area contributed by atoms with E-state index in [1.165, 1.54) is 7.11 Å². The van der Waals surface area contributed by atoms with Crippen molar-refractivity contribution in [2.24, 2.45) is 11.0 Å². The molecule has 0 aromatic heterocycles. The molecular formula is C7H11N3O3. The van der Waals surface area contributed by atoms with Crippen LogP contribution in [0.1, 0.15) is 12.8 Å². The summed E-state index contributed by atoms with van der Waals surface area (Å²) in [5.41, 5.74) is 8.16. The first-order chi connectivity index (χ1) is 6.19. The molecule has 0 radical (unpaired) electrons. The first-order valence-corrected chi connectivity index (χ1v) is 3.99. The minimum Gasteiger partial charge on any atom is -0.469 e. The number of nitrogens with zero attached hydrogens (tertiary/aromatic N) is 3. The molecule has 1 fully saturated rings. The van der Waals surface area contributed by atoms with E-state index < -0.39 is 12.1 Å². The van der Waals surface area contributed by atoms with E-state index in [-0.39, 0.29) is 11.9 Å². The van der Waals surface area contributed by atoms with E-state index in [0.717, 1.165) is 0 Å². The smallest absolute Gasteiger partial charge is 0.308 e. The number of azide groups is 1. The minimum absolute atomic E-state index is 0.316. The summed E-state index contributed by atoms with van der Waals surface area (Å²) < 4.78 is 4.52. The quantitative estimate of drug-likeness (QED) is 0.295. The Kier molecular flexibility index (Phi) is 3.11. The average Bonchev–Trinajstić information content (AvgIpc) is 2.47. The molecule has 0 heterocycles. The van der Waals surface area contributed by atoms with Gasteiger partial charge in [-0.1, -0.05) is 5.11 Å². The Bertz CT molecular complexity index is 249. The second kappa shape index (κ2) is 4.11. The molecule has 1 rings (SSSR count). The van der Waals surface area contributed by atoms with Gasteiger partial charge in [-0.25, -0.2) is 0 Å². The van der Waals surface area contributed by atoms with Gasteiger partial charge in [-0.3, -0.25) is 4.79 Å². The van der Waals surface area contributed by atoms with Crippen molar-refractivity contribution in [3.8, 4) is 0 Å². The van der Waals surface area contributed by atoms with Crippen LogP contribution in [-0.2, 0) is 9.53 Å². The SMILES string of the molecule is COC(=O)C1CC(O)C(N=[N+]=[N-])C1. The van der Waals surface area contributed by atoms with E-state index in [2.05, 4.69) is 14.8 Å². The van der Waals surface area contributed by atoms with E-state index in [0.29, 0.717) is 12.8 Å². The van der Waals surface area contributed by atoms with Crippen molar-refractivity contribution < 1.29 is 14.6 Å². The third-order valence-electron chi connectivity index (χ3n) is 2.23. The molecule has 1 aliphatic carbocycles. The van der Waals surface area contributed by atoms with Gasteiger partial charge in [-0.05, 0) is 18.4 Å². The molecule has 3 atom stereocenters. The number of aliphatic hydroxyl groups excluding tert-OH is 1. The van der Waals surface area contributed by atoms with Gasteiger partial charge in [0.25, 0.3) is 0 Å². The molecular weight excluding hydrogens is 174 g/mol. The topological polar surface area (TPSA) is 95.3 Å². The highest BCUT2D eigenvalue weighted by Crippen LogP contribution is 2.29. The van der Waals surface area contributed by atoms with Crippen LogP contribution in [0.25, 0.3) is 10.4 Å². The lowest BCUT2D eigenvalue weighted by molar-refractivity contribution is -0.145. The summed E-state index contributed by atoms with van der Waals surface area (Å²) in [6.45, 7) is 0. The van der Waals surface area contributed by atoms with E-state index >= 15 is 0 Å². The maximum Gasteiger partial charge on any atom is 0.308 e. The Labute approximate surface area is 75.1 Å². The zero-order valence-corrected chi connectivity index (χ0v) is 7.25. The Morgan fingerprint density at radius 2 is 2.38 bits per heavy atom. The second-order valence-electron chi connectivity index (χ2n) is 3.03. The van der Waals surface area contributed by atoms with Crippen LogP contribution in [0.3, 0.4) is 0 Å². The number of hydrogen-bond donors (Lipinski definition) is 1. The van der Waals surface area contributed by atoms with E-state index in [4.69, 9.17) is 5.53 Å². The molecule has 1 saturated carbocycles. The molecule has 6 nitrogen and oxygen atoms in total. The Morgan fingerprint density at radius 3 is 2.92 bits per heavy atom. The van der Waals surface area contributed by atoms with Crippen LogP contribution in [0.4, 0.5) is 0 Å². The van der Waals surface area contributed by atoms with Crippen molar-refractivity contribution in [2.75, 3.05) is 7.11 Å². The molecule has 0 bridgehead atoms. The Morgan fingerprint density at radius 1 is 1.69 bits per heavy atom. The maximum absolute atomic E-state index is 11.0. The van der Waals surface area contributed by atoms with Crippen LogP contribution in [0.2, 0.25) is 0 Å². The molecule has 6 heteroatoms. The maximum atomic E-state index is 11.0. The first-order valence-electron chi connectivity index (χ1n) is 3.99. The van der Waals surface area contributed by atoms with Gasteiger partial charge >= 0.3 is 5.97 Å². The minimum atomic E-state index is -0.722. The molecule has 0 aliphatic heterocycles. The highest BCUT2D eigenvalue weighted by atomic mass is 16.5. The van der Waals surface area contributed by atoms with Crippen molar-refractivity contribution in [1.29, 1.82) is 0 Å². The lowest BCUT2D eigenvalue weighted by atomic mass is 10.1. The zero-order chi connectivity index (χ0) is 9.84. The van der Waals surface area contributed by atoms with Gasteiger partial charge in [0.2, 0.25) is 0 Å².